The molecule has 1 amide bonds. The summed E-state index contributed by atoms with van der Waals surface area (Å²) in [5.74, 6) is 0.0594. The maximum atomic E-state index is 12.2. The molecule has 0 spiro atoms. The SMILES string of the molecule is CCc1ccccc1NC(=O)C[NH+](C)Cc1ccc(SC)cc1. The van der Waals surface area contributed by atoms with Crippen LogP contribution >= 0.6 is 11.8 Å². The van der Waals surface area contributed by atoms with Gasteiger partial charge in [-0.05, 0) is 36.4 Å². The van der Waals surface area contributed by atoms with Gasteiger partial charge in [-0.3, -0.25) is 4.79 Å². The van der Waals surface area contributed by atoms with Crippen LogP contribution in [-0.2, 0) is 17.8 Å². The molecule has 2 rings (SSSR count). The topological polar surface area (TPSA) is 33.5 Å². The summed E-state index contributed by atoms with van der Waals surface area (Å²) in [6, 6.07) is 16.5. The van der Waals surface area contributed by atoms with Gasteiger partial charge in [-0.1, -0.05) is 37.3 Å². The largest absolute Gasteiger partial charge is 0.326 e. The minimum atomic E-state index is 0.0594. The molecular formula is C19H25N2OS+. The number of aryl methyl sites for hydroxylation is 1. The van der Waals surface area contributed by atoms with E-state index in [4.69, 9.17) is 0 Å². The van der Waals surface area contributed by atoms with Gasteiger partial charge in [0.1, 0.15) is 6.54 Å². The second-order valence-corrected chi connectivity index (χ2v) is 6.60. The smallest absolute Gasteiger partial charge is 0.279 e. The van der Waals surface area contributed by atoms with E-state index in [1.807, 2.05) is 25.2 Å². The fourth-order valence-corrected chi connectivity index (χ4v) is 2.98. The Morgan fingerprint density at radius 3 is 2.48 bits per heavy atom. The Labute approximate surface area is 143 Å². The third-order valence-corrected chi connectivity index (χ3v) is 4.54. The maximum Gasteiger partial charge on any atom is 0.279 e. The molecule has 0 aromatic heterocycles. The van der Waals surface area contributed by atoms with Crippen LogP contribution in [0.5, 0.6) is 0 Å². The zero-order valence-corrected chi connectivity index (χ0v) is 14.9. The van der Waals surface area contributed by atoms with Crippen LogP contribution in [0, 0.1) is 0 Å². The Hall–Kier alpha value is -1.78. The number of hydrogen-bond donors (Lipinski definition) is 2. The molecule has 0 heterocycles. The number of thioether (sulfide) groups is 1. The second kappa shape index (κ2) is 8.75. The molecule has 0 saturated carbocycles. The highest BCUT2D eigenvalue weighted by Gasteiger charge is 2.12. The highest BCUT2D eigenvalue weighted by Crippen LogP contribution is 2.15. The lowest BCUT2D eigenvalue weighted by atomic mass is 10.1. The second-order valence-electron chi connectivity index (χ2n) is 5.72. The molecule has 3 nitrogen and oxygen atoms in total. The van der Waals surface area contributed by atoms with E-state index >= 15 is 0 Å². The summed E-state index contributed by atoms with van der Waals surface area (Å²) in [7, 11) is 2.05. The van der Waals surface area contributed by atoms with E-state index in [0.29, 0.717) is 6.54 Å². The van der Waals surface area contributed by atoms with Gasteiger partial charge < -0.3 is 10.2 Å². The van der Waals surface area contributed by atoms with Crippen molar-refractivity contribution in [2.75, 3.05) is 25.2 Å². The molecule has 4 heteroatoms. The zero-order chi connectivity index (χ0) is 16.7. The number of benzene rings is 2. The van der Waals surface area contributed by atoms with Crippen molar-refractivity contribution >= 4 is 23.4 Å². The average molecular weight is 329 g/mol. The van der Waals surface area contributed by atoms with Crippen molar-refractivity contribution in [1.29, 1.82) is 0 Å². The minimum Gasteiger partial charge on any atom is -0.326 e. The van der Waals surface area contributed by atoms with Crippen LogP contribution in [-0.4, -0.2) is 25.8 Å². The lowest BCUT2D eigenvalue weighted by molar-refractivity contribution is -0.885. The van der Waals surface area contributed by atoms with Gasteiger partial charge in [0, 0.05) is 16.1 Å². The molecule has 1 unspecified atom stereocenters. The van der Waals surface area contributed by atoms with Gasteiger partial charge in [0.15, 0.2) is 6.54 Å². The fraction of sp³-hybridized carbons (Fsp3) is 0.316. The standard InChI is InChI=1S/C19H24N2OS/c1-4-16-7-5-6-8-18(16)20-19(22)14-21(2)13-15-9-11-17(23-3)12-10-15/h5-12H,4,13-14H2,1-3H3,(H,20,22)/p+1. The van der Waals surface area contributed by atoms with Crippen LogP contribution in [0.3, 0.4) is 0 Å². The molecule has 0 bridgehead atoms. The van der Waals surface area contributed by atoms with Crippen LogP contribution in [0.25, 0.3) is 0 Å². The summed E-state index contributed by atoms with van der Waals surface area (Å²) >= 11 is 1.74. The summed E-state index contributed by atoms with van der Waals surface area (Å²) in [6.45, 7) is 3.40. The van der Waals surface area contributed by atoms with Crippen molar-refractivity contribution in [2.24, 2.45) is 0 Å². The van der Waals surface area contributed by atoms with Crippen LogP contribution < -0.4 is 10.2 Å². The number of para-hydroxylation sites is 1. The van der Waals surface area contributed by atoms with E-state index in [0.717, 1.165) is 18.7 Å². The first kappa shape index (κ1) is 17.6. The van der Waals surface area contributed by atoms with Gasteiger partial charge in [0.05, 0.1) is 7.05 Å². The zero-order valence-electron chi connectivity index (χ0n) is 14.1. The van der Waals surface area contributed by atoms with Crippen LogP contribution in [0.4, 0.5) is 5.69 Å². The van der Waals surface area contributed by atoms with Crippen molar-refractivity contribution in [3.05, 3.63) is 59.7 Å². The highest BCUT2D eigenvalue weighted by atomic mass is 32.2. The van der Waals surface area contributed by atoms with Gasteiger partial charge in [0.2, 0.25) is 0 Å². The number of carbonyl (C=O) groups excluding carboxylic acids is 1. The van der Waals surface area contributed by atoms with Crippen molar-refractivity contribution < 1.29 is 9.69 Å². The quantitative estimate of drug-likeness (QED) is 0.766. The molecule has 0 aliphatic heterocycles. The molecule has 2 aromatic rings. The van der Waals surface area contributed by atoms with Crippen molar-refractivity contribution in [3.63, 3.8) is 0 Å². The average Bonchev–Trinajstić information content (AvgIpc) is 2.55. The third-order valence-electron chi connectivity index (χ3n) is 3.80. The van der Waals surface area contributed by atoms with E-state index in [1.165, 1.54) is 20.9 Å². The third kappa shape index (κ3) is 5.41. The van der Waals surface area contributed by atoms with E-state index in [-0.39, 0.29) is 5.91 Å². The molecule has 2 aromatic carbocycles. The first-order valence-electron chi connectivity index (χ1n) is 7.94. The van der Waals surface area contributed by atoms with Crippen LogP contribution in [0.1, 0.15) is 18.1 Å². The first-order chi connectivity index (χ1) is 11.1. The molecule has 0 fully saturated rings. The van der Waals surface area contributed by atoms with Crippen LogP contribution in [0.15, 0.2) is 53.4 Å². The van der Waals surface area contributed by atoms with E-state index in [1.54, 1.807) is 11.8 Å². The van der Waals surface area contributed by atoms with Gasteiger partial charge in [0.25, 0.3) is 5.91 Å². The lowest BCUT2D eigenvalue weighted by Crippen LogP contribution is -3.08. The van der Waals surface area contributed by atoms with E-state index in [2.05, 4.69) is 48.8 Å². The summed E-state index contributed by atoms with van der Waals surface area (Å²) in [4.78, 5) is 14.7. The molecule has 23 heavy (non-hydrogen) atoms. The number of hydrogen-bond acceptors (Lipinski definition) is 2. The molecule has 0 aliphatic rings. The number of anilines is 1. The predicted octanol–water partition coefficient (Wildman–Crippen LogP) is 2.62. The van der Waals surface area contributed by atoms with Crippen molar-refractivity contribution in [3.8, 4) is 0 Å². The molecule has 122 valence electrons. The number of rotatable bonds is 7. The Kier molecular flexibility index (Phi) is 6.68. The van der Waals surface area contributed by atoms with E-state index < -0.39 is 0 Å². The number of quaternary nitrogens is 1. The number of nitrogens with one attached hydrogen (secondary N) is 2. The van der Waals surface area contributed by atoms with Crippen molar-refractivity contribution in [1.82, 2.24) is 0 Å². The number of carbonyl (C=O) groups is 1. The lowest BCUT2D eigenvalue weighted by Gasteiger charge is -2.15. The van der Waals surface area contributed by atoms with Gasteiger partial charge in [-0.15, -0.1) is 11.8 Å². The van der Waals surface area contributed by atoms with Crippen molar-refractivity contribution in [2.45, 2.75) is 24.8 Å². The molecule has 0 aliphatic carbocycles. The predicted molar refractivity (Wildman–Crippen MR) is 98.1 cm³/mol. The number of likely N-dealkylation sites (N-methyl/N-ethyl adjacent to an activating group) is 1. The normalized spacial score (nSPS) is 12.0. The van der Waals surface area contributed by atoms with E-state index in [9.17, 15) is 4.79 Å². The summed E-state index contributed by atoms with van der Waals surface area (Å²) in [6.07, 6.45) is 2.99. The Morgan fingerprint density at radius 1 is 1.13 bits per heavy atom. The van der Waals surface area contributed by atoms with Crippen LogP contribution in [0.2, 0.25) is 0 Å². The Morgan fingerprint density at radius 2 is 1.83 bits per heavy atom. The molecule has 2 N–H and O–H groups in total. The summed E-state index contributed by atoms with van der Waals surface area (Å²) < 4.78 is 0. The Bertz CT molecular complexity index is 640. The minimum absolute atomic E-state index is 0.0594. The van der Waals surface area contributed by atoms with Gasteiger partial charge >= 0.3 is 0 Å². The molecule has 1 atom stereocenters. The first-order valence-corrected chi connectivity index (χ1v) is 9.16. The Balaban J connectivity index is 1.88. The molecule has 0 saturated heterocycles. The fourth-order valence-electron chi connectivity index (χ4n) is 2.57. The summed E-state index contributed by atoms with van der Waals surface area (Å²) in [5.41, 5.74) is 3.35. The molecular weight excluding hydrogens is 304 g/mol. The molecule has 0 radical (unpaired) electrons. The monoisotopic (exact) mass is 329 g/mol. The van der Waals surface area contributed by atoms with Gasteiger partial charge in [-0.2, -0.15) is 0 Å². The highest BCUT2D eigenvalue weighted by molar-refractivity contribution is 7.98. The van der Waals surface area contributed by atoms with Gasteiger partial charge in [-0.25, -0.2) is 0 Å². The maximum absolute atomic E-state index is 12.2. The summed E-state index contributed by atoms with van der Waals surface area (Å²) in [5, 5.41) is 3.03. The number of amides is 1.